The van der Waals surface area contributed by atoms with Gasteiger partial charge in [0, 0.05) is 0 Å². The Bertz CT molecular complexity index is 490. The van der Waals surface area contributed by atoms with Crippen LogP contribution < -0.4 is 0 Å². The van der Waals surface area contributed by atoms with Crippen LogP contribution in [0.15, 0.2) is 20.5 Å². The first-order valence-electron chi connectivity index (χ1n) is 6.11. The van der Waals surface area contributed by atoms with Gasteiger partial charge in [-0.05, 0) is 0 Å². The molecule has 0 aromatic carbocycles. The van der Waals surface area contributed by atoms with Crippen molar-refractivity contribution in [2.45, 2.75) is 41.9 Å². The first-order valence-corrected chi connectivity index (χ1v) is 6.11. The van der Waals surface area contributed by atoms with Crippen molar-refractivity contribution in [3.8, 4) is 0 Å². The molecule has 0 spiro atoms. The summed E-state index contributed by atoms with van der Waals surface area (Å²) in [6.07, 6.45) is -7.34. The first kappa shape index (κ1) is 17.2. The van der Waals surface area contributed by atoms with Crippen LogP contribution in [-0.2, 0) is 4.74 Å². The lowest BCUT2D eigenvalue weighted by Crippen LogP contribution is -2.65. The number of nitrogens with zero attached hydrogens (tertiary/aromatic N) is 4. The Labute approximate surface area is 122 Å². The molecule has 2 heterocycles. The molecule has 13 nitrogen and oxygen atoms in total. The van der Waals surface area contributed by atoms with Crippen LogP contribution in [0.5, 0.6) is 0 Å². The molecule has 22 heavy (non-hydrogen) atoms. The van der Waals surface area contributed by atoms with Gasteiger partial charge in [0.05, 0.1) is 6.61 Å². The molecule has 2 aliphatic heterocycles. The van der Waals surface area contributed by atoms with E-state index in [-0.39, 0.29) is 0 Å². The summed E-state index contributed by atoms with van der Waals surface area (Å²) in [6, 6.07) is 0. The Kier molecular flexibility index (Phi) is 4.29. The molecule has 0 aliphatic carbocycles. The minimum absolute atomic E-state index is 0.826. The maximum Gasteiger partial charge on any atom is 0.344 e. The Morgan fingerprint density at radius 2 is 1.59 bits per heavy atom. The molecule has 1 saturated heterocycles. The number of ether oxygens (including phenoxy) is 1. The van der Waals surface area contributed by atoms with Crippen molar-refractivity contribution >= 4 is 0 Å². The van der Waals surface area contributed by atoms with Gasteiger partial charge in [-0.3, -0.25) is 0 Å². The predicted molar refractivity (Wildman–Crippen MR) is 61.6 cm³/mol. The third kappa shape index (κ3) is 2.41. The Balaban J connectivity index is 2.24. The molecule has 0 bridgehead atoms. The lowest BCUT2D eigenvalue weighted by atomic mass is 9.97. The van der Waals surface area contributed by atoms with Crippen molar-refractivity contribution in [2.24, 2.45) is 20.5 Å². The van der Waals surface area contributed by atoms with E-state index in [0.717, 1.165) is 0 Å². The second-order valence-electron chi connectivity index (χ2n) is 4.93. The summed E-state index contributed by atoms with van der Waals surface area (Å²) in [4.78, 5) is 0. The molecule has 0 saturated carbocycles. The molecule has 2 rings (SSSR count). The van der Waals surface area contributed by atoms with Crippen LogP contribution in [0.25, 0.3) is 0 Å². The molecule has 1 fully saturated rings. The Morgan fingerprint density at radius 1 is 0.955 bits per heavy atom. The third-order valence-electron chi connectivity index (χ3n) is 3.39. The average molecular weight is 324 g/mol. The molecule has 0 radical (unpaired) electrons. The first-order chi connectivity index (χ1) is 10.1. The van der Waals surface area contributed by atoms with Crippen molar-refractivity contribution in [1.29, 1.82) is 0 Å². The van der Waals surface area contributed by atoms with Gasteiger partial charge < -0.3 is 45.6 Å². The van der Waals surface area contributed by atoms with Gasteiger partial charge in [0.1, 0.15) is 24.9 Å². The number of aliphatic hydroxyl groups is 8. The summed E-state index contributed by atoms with van der Waals surface area (Å²) in [6.45, 7) is -1.89. The molecule has 2 aliphatic rings. The maximum atomic E-state index is 10.0. The monoisotopic (exact) mass is 324 g/mol. The number of rotatable bonds is 4. The number of hydrogen-bond acceptors (Lipinski definition) is 13. The largest absolute Gasteiger partial charge is 0.394 e. The van der Waals surface area contributed by atoms with Gasteiger partial charge >= 0.3 is 11.8 Å². The zero-order valence-electron chi connectivity index (χ0n) is 11.0. The highest BCUT2D eigenvalue weighted by molar-refractivity contribution is 5.00. The van der Waals surface area contributed by atoms with Crippen LogP contribution in [0, 0.1) is 0 Å². The summed E-state index contributed by atoms with van der Waals surface area (Å²) >= 11 is 0. The van der Waals surface area contributed by atoms with Crippen molar-refractivity contribution in [2.75, 3.05) is 13.2 Å². The molecule has 0 aromatic heterocycles. The van der Waals surface area contributed by atoms with E-state index in [1.54, 1.807) is 0 Å². The van der Waals surface area contributed by atoms with Crippen LogP contribution >= 0.6 is 0 Å². The minimum atomic E-state index is -2.94. The standard InChI is InChI=1S/C9H16N4O9/c14-1-3-4(16)5(17)6(18)8(20,22-3)11-13-9(21)7(19,2-15)10-12-9/h3-6,14-21H,1-2H2/b13-11+/t3-,4+,5+,6-,7?,8+,9?/m1/s1. The molecular formula is C9H16N4O9. The summed E-state index contributed by atoms with van der Waals surface area (Å²) < 4.78 is 4.74. The molecular weight excluding hydrogens is 308 g/mol. The van der Waals surface area contributed by atoms with Crippen molar-refractivity contribution < 1.29 is 45.6 Å². The zero-order valence-corrected chi connectivity index (χ0v) is 11.0. The van der Waals surface area contributed by atoms with E-state index in [4.69, 9.17) is 14.9 Å². The highest BCUT2D eigenvalue weighted by Gasteiger charge is 2.60. The van der Waals surface area contributed by atoms with Gasteiger partial charge in [-0.1, -0.05) is 0 Å². The van der Waals surface area contributed by atoms with Crippen molar-refractivity contribution in [1.82, 2.24) is 0 Å². The summed E-state index contributed by atoms with van der Waals surface area (Å²) in [5.74, 6) is -5.67. The van der Waals surface area contributed by atoms with E-state index < -0.39 is 55.1 Å². The van der Waals surface area contributed by atoms with Gasteiger partial charge in [0.2, 0.25) is 0 Å². The van der Waals surface area contributed by atoms with Gasteiger partial charge in [-0.25, -0.2) is 0 Å². The quantitative estimate of drug-likeness (QED) is 0.232. The Hall–Kier alpha value is -1.16. The predicted octanol–water partition coefficient (Wildman–Crippen LogP) is -4.65. The summed E-state index contributed by atoms with van der Waals surface area (Å²) in [5, 5.41) is 88.2. The lowest BCUT2D eigenvalue weighted by molar-refractivity contribution is -0.350. The average Bonchev–Trinajstić information content (AvgIpc) is 2.52. The van der Waals surface area contributed by atoms with Crippen LogP contribution in [-0.4, -0.2) is 96.0 Å². The van der Waals surface area contributed by atoms with Gasteiger partial charge in [0.25, 0.3) is 5.72 Å². The normalized spacial score (nSPS) is 52.0. The fourth-order valence-corrected chi connectivity index (χ4v) is 1.85. The highest BCUT2D eigenvalue weighted by Crippen LogP contribution is 2.38. The van der Waals surface area contributed by atoms with E-state index >= 15 is 0 Å². The van der Waals surface area contributed by atoms with E-state index in [0.29, 0.717) is 0 Å². The molecule has 2 unspecified atom stereocenters. The van der Waals surface area contributed by atoms with E-state index in [1.165, 1.54) is 0 Å². The van der Waals surface area contributed by atoms with Crippen LogP contribution in [0.4, 0.5) is 0 Å². The third-order valence-corrected chi connectivity index (χ3v) is 3.39. The second-order valence-corrected chi connectivity index (χ2v) is 4.93. The lowest BCUT2D eigenvalue weighted by Gasteiger charge is -2.43. The highest BCUT2D eigenvalue weighted by atomic mass is 16.7. The topological polar surface area (TPSA) is 221 Å². The van der Waals surface area contributed by atoms with Gasteiger partial charge in [-0.15, -0.1) is 20.5 Å². The van der Waals surface area contributed by atoms with Crippen LogP contribution in [0.2, 0.25) is 0 Å². The van der Waals surface area contributed by atoms with E-state index in [1.807, 2.05) is 0 Å². The SMILES string of the molecule is OC[C@H]1O[C@](O)(/N=N/C2(O)N=NC2(O)CO)[C@H](O)[C@@H](O)[C@H]1O. The van der Waals surface area contributed by atoms with E-state index in [9.17, 15) is 30.6 Å². The van der Waals surface area contributed by atoms with Crippen LogP contribution in [0.3, 0.4) is 0 Å². The van der Waals surface area contributed by atoms with Crippen molar-refractivity contribution in [3.05, 3.63) is 0 Å². The van der Waals surface area contributed by atoms with Crippen LogP contribution in [0.1, 0.15) is 0 Å². The molecule has 126 valence electrons. The second kappa shape index (κ2) is 5.48. The molecule has 13 heteroatoms. The van der Waals surface area contributed by atoms with E-state index in [2.05, 4.69) is 20.5 Å². The molecule has 8 N–H and O–H groups in total. The number of azo groups is 2. The fraction of sp³-hybridized carbons (Fsp3) is 1.00. The molecule has 0 aromatic rings. The fourth-order valence-electron chi connectivity index (χ4n) is 1.85. The maximum absolute atomic E-state index is 10.0. The number of aliphatic hydroxyl groups excluding tert-OH is 5. The summed E-state index contributed by atoms with van der Waals surface area (Å²) in [7, 11) is 0. The molecule has 0 amide bonds. The van der Waals surface area contributed by atoms with Crippen molar-refractivity contribution in [3.63, 3.8) is 0 Å². The number of hydrogen-bond donors (Lipinski definition) is 8. The zero-order chi connectivity index (χ0) is 16.8. The molecule has 7 atom stereocenters. The smallest absolute Gasteiger partial charge is 0.344 e. The minimum Gasteiger partial charge on any atom is -0.394 e. The Morgan fingerprint density at radius 3 is 2.05 bits per heavy atom. The van der Waals surface area contributed by atoms with Gasteiger partial charge in [-0.2, -0.15) is 0 Å². The van der Waals surface area contributed by atoms with Gasteiger partial charge in [0.15, 0.2) is 6.10 Å². The summed E-state index contributed by atoms with van der Waals surface area (Å²) in [5.41, 5.74) is -2.49.